The van der Waals surface area contributed by atoms with Gasteiger partial charge in [0.25, 0.3) is 0 Å². The second kappa shape index (κ2) is 9.40. The summed E-state index contributed by atoms with van der Waals surface area (Å²) in [5, 5.41) is 6.42. The van der Waals surface area contributed by atoms with Crippen LogP contribution in [0.1, 0.15) is 51.6 Å². The maximum absolute atomic E-state index is 12.1. The van der Waals surface area contributed by atoms with Gasteiger partial charge in [-0.2, -0.15) is 0 Å². The predicted molar refractivity (Wildman–Crippen MR) is 86.5 cm³/mol. The van der Waals surface area contributed by atoms with E-state index in [-0.39, 0.29) is 11.9 Å². The lowest BCUT2D eigenvalue weighted by Gasteiger charge is -2.20. The Morgan fingerprint density at radius 3 is 2.62 bits per heavy atom. The number of rotatable bonds is 9. The largest absolute Gasteiger partial charge is 0.496 e. The van der Waals surface area contributed by atoms with Crippen molar-refractivity contribution in [2.45, 2.75) is 52.1 Å². The number of nitrogens with one attached hydrogen (secondary N) is 2. The van der Waals surface area contributed by atoms with Crippen LogP contribution in [0.25, 0.3) is 0 Å². The zero-order valence-electron chi connectivity index (χ0n) is 13.6. The van der Waals surface area contributed by atoms with Crippen LogP contribution in [0.2, 0.25) is 0 Å². The molecule has 0 saturated heterocycles. The van der Waals surface area contributed by atoms with E-state index in [2.05, 4.69) is 31.4 Å². The van der Waals surface area contributed by atoms with Gasteiger partial charge in [-0.15, -0.1) is 0 Å². The highest BCUT2D eigenvalue weighted by molar-refractivity contribution is 5.76. The van der Waals surface area contributed by atoms with Crippen molar-refractivity contribution in [3.63, 3.8) is 0 Å². The quantitative estimate of drug-likeness (QED) is 0.688. The first-order chi connectivity index (χ1) is 10.1. The molecule has 4 nitrogen and oxygen atoms in total. The summed E-state index contributed by atoms with van der Waals surface area (Å²) in [6.07, 6.45) is 2.24. The van der Waals surface area contributed by atoms with Gasteiger partial charge < -0.3 is 15.4 Å². The first kappa shape index (κ1) is 17.5. The fraction of sp³-hybridized carbons (Fsp3) is 0.588. The topological polar surface area (TPSA) is 50.4 Å². The highest BCUT2D eigenvalue weighted by atomic mass is 16.5. The Kier molecular flexibility index (Phi) is 7.83. The maximum Gasteiger partial charge on any atom is 0.220 e. The van der Waals surface area contributed by atoms with Crippen LogP contribution >= 0.6 is 0 Å². The Morgan fingerprint density at radius 2 is 2.00 bits per heavy atom. The molecular formula is C17H28N2O2. The molecule has 0 aromatic heterocycles. The zero-order chi connectivity index (χ0) is 15.7. The van der Waals surface area contributed by atoms with E-state index in [1.807, 2.05) is 24.3 Å². The minimum absolute atomic E-state index is 0.00621. The molecule has 1 rings (SSSR count). The number of ether oxygens (including phenoxy) is 1. The number of methoxy groups -OCH3 is 1. The Bertz CT molecular complexity index is 433. The summed E-state index contributed by atoms with van der Waals surface area (Å²) in [6.45, 7) is 7.15. The van der Waals surface area contributed by atoms with Crippen molar-refractivity contribution in [1.82, 2.24) is 10.6 Å². The lowest BCUT2D eigenvalue weighted by Crippen LogP contribution is -2.30. The summed E-state index contributed by atoms with van der Waals surface area (Å²) in [5.74, 6) is 0.921. The van der Waals surface area contributed by atoms with Gasteiger partial charge in [-0.05, 0) is 25.5 Å². The SMILES string of the molecule is CCC(NC(=O)CCCNC(C)C)c1ccccc1OC. The molecule has 118 valence electrons. The number of hydrogen-bond acceptors (Lipinski definition) is 3. The first-order valence-electron chi connectivity index (χ1n) is 7.74. The minimum atomic E-state index is 0.00621. The van der Waals surface area contributed by atoms with Gasteiger partial charge in [0.05, 0.1) is 13.2 Å². The molecule has 0 aliphatic carbocycles. The molecule has 0 radical (unpaired) electrons. The van der Waals surface area contributed by atoms with Crippen LogP contribution in [-0.4, -0.2) is 25.6 Å². The van der Waals surface area contributed by atoms with Gasteiger partial charge in [0.2, 0.25) is 5.91 Å². The molecule has 1 amide bonds. The molecule has 0 fully saturated rings. The molecule has 0 spiro atoms. The van der Waals surface area contributed by atoms with Crippen LogP contribution in [0.5, 0.6) is 5.75 Å². The maximum atomic E-state index is 12.1. The third-order valence-electron chi connectivity index (χ3n) is 3.39. The molecule has 4 heteroatoms. The number of hydrogen-bond donors (Lipinski definition) is 2. The molecule has 0 saturated carbocycles. The van der Waals surface area contributed by atoms with Crippen LogP contribution in [0.3, 0.4) is 0 Å². The molecular weight excluding hydrogens is 264 g/mol. The van der Waals surface area contributed by atoms with Crippen molar-refractivity contribution in [1.29, 1.82) is 0 Å². The smallest absolute Gasteiger partial charge is 0.220 e. The van der Waals surface area contributed by atoms with Gasteiger partial charge in [-0.25, -0.2) is 0 Å². The van der Waals surface area contributed by atoms with E-state index in [0.717, 1.165) is 30.7 Å². The third kappa shape index (κ3) is 6.17. The lowest BCUT2D eigenvalue weighted by atomic mass is 10.0. The van der Waals surface area contributed by atoms with E-state index in [1.165, 1.54) is 0 Å². The van der Waals surface area contributed by atoms with Gasteiger partial charge in [-0.3, -0.25) is 4.79 Å². The van der Waals surface area contributed by atoms with Gasteiger partial charge in [0.1, 0.15) is 5.75 Å². The standard InChI is InChI=1S/C17H28N2O2/c1-5-15(14-9-6-7-10-16(14)21-4)19-17(20)11-8-12-18-13(2)3/h6-7,9-10,13,15,18H,5,8,11-12H2,1-4H3,(H,19,20). The van der Waals surface area contributed by atoms with Crippen molar-refractivity contribution < 1.29 is 9.53 Å². The Balaban J connectivity index is 2.51. The Morgan fingerprint density at radius 1 is 1.29 bits per heavy atom. The van der Waals surface area contributed by atoms with Gasteiger partial charge >= 0.3 is 0 Å². The molecule has 1 atom stereocenters. The normalized spacial score (nSPS) is 12.2. The summed E-state index contributed by atoms with van der Waals surface area (Å²) in [5.41, 5.74) is 1.04. The summed E-state index contributed by atoms with van der Waals surface area (Å²) in [7, 11) is 1.66. The van der Waals surface area contributed by atoms with E-state index in [1.54, 1.807) is 7.11 Å². The van der Waals surface area contributed by atoms with E-state index in [9.17, 15) is 4.79 Å². The Hall–Kier alpha value is -1.55. The average Bonchev–Trinajstić information content (AvgIpc) is 2.49. The molecule has 2 N–H and O–H groups in total. The number of carbonyl (C=O) groups is 1. The fourth-order valence-electron chi connectivity index (χ4n) is 2.26. The fourth-order valence-corrected chi connectivity index (χ4v) is 2.26. The van der Waals surface area contributed by atoms with Crippen LogP contribution < -0.4 is 15.4 Å². The van der Waals surface area contributed by atoms with Crippen LogP contribution in [0, 0.1) is 0 Å². The molecule has 21 heavy (non-hydrogen) atoms. The second-order valence-electron chi connectivity index (χ2n) is 5.48. The van der Waals surface area contributed by atoms with Crippen LogP contribution in [-0.2, 0) is 4.79 Å². The van der Waals surface area contributed by atoms with E-state index in [4.69, 9.17) is 4.74 Å². The summed E-state index contributed by atoms with van der Waals surface area (Å²) in [4.78, 5) is 12.1. The van der Waals surface area contributed by atoms with Crippen LogP contribution in [0.15, 0.2) is 24.3 Å². The van der Waals surface area contributed by atoms with Crippen molar-refractivity contribution in [2.24, 2.45) is 0 Å². The third-order valence-corrected chi connectivity index (χ3v) is 3.39. The highest BCUT2D eigenvalue weighted by Crippen LogP contribution is 2.26. The minimum Gasteiger partial charge on any atom is -0.496 e. The number of benzene rings is 1. The molecule has 1 unspecified atom stereocenters. The molecule has 0 aliphatic rings. The van der Waals surface area contributed by atoms with E-state index < -0.39 is 0 Å². The molecule has 1 aromatic rings. The number of amides is 1. The van der Waals surface area contributed by atoms with Crippen molar-refractivity contribution in [2.75, 3.05) is 13.7 Å². The average molecular weight is 292 g/mol. The monoisotopic (exact) mass is 292 g/mol. The molecule has 0 heterocycles. The van der Waals surface area contributed by atoms with E-state index >= 15 is 0 Å². The Labute approximate surface area is 128 Å². The second-order valence-corrected chi connectivity index (χ2v) is 5.48. The van der Waals surface area contributed by atoms with Crippen molar-refractivity contribution >= 4 is 5.91 Å². The summed E-state index contributed by atoms with van der Waals surface area (Å²) >= 11 is 0. The number of para-hydroxylation sites is 1. The highest BCUT2D eigenvalue weighted by Gasteiger charge is 2.16. The van der Waals surface area contributed by atoms with Crippen molar-refractivity contribution in [3.05, 3.63) is 29.8 Å². The summed E-state index contributed by atoms with van der Waals surface area (Å²) in [6, 6.07) is 8.31. The first-order valence-corrected chi connectivity index (χ1v) is 7.74. The molecule has 0 aliphatic heterocycles. The zero-order valence-corrected chi connectivity index (χ0v) is 13.6. The van der Waals surface area contributed by atoms with Crippen LogP contribution in [0.4, 0.5) is 0 Å². The molecule has 0 bridgehead atoms. The van der Waals surface area contributed by atoms with Gasteiger partial charge in [0.15, 0.2) is 0 Å². The molecule has 1 aromatic carbocycles. The summed E-state index contributed by atoms with van der Waals surface area (Å²) < 4.78 is 5.37. The van der Waals surface area contributed by atoms with Gasteiger partial charge in [-0.1, -0.05) is 39.0 Å². The lowest BCUT2D eigenvalue weighted by molar-refractivity contribution is -0.122. The van der Waals surface area contributed by atoms with E-state index in [0.29, 0.717) is 12.5 Å². The van der Waals surface area contributed by atoms with Gasteiger partial charge in [0, 0.05) is 18.0 Å². The predicted octanol–water partition coefficient (Wildman–Crippen LogP) is 3.04. The number of carbonyl (C=O) groups excluding carboxylic acids is 1. The van der Waals surface area contributed by atoms with Crippen molar-refractivity contribution in [3.8, 4) is 5.75 Å².